The highest BCUT2D eigenvalue weighted by Crippen LogP contribution is 2.46. The summed E-state index contributed by atoms with van der Waals surface area (Å²) in [4.78, 5) is 3.47. The second-order valence-electron chi connectivity index (χ2n) is 10.1. The van der Waals surface area contributed by atoms with Crippen molar-refractivity contribution in [2.75, 3.05) is 11.1 Å². The molecule has 5 N–H and O–H groups in total. The summed E-state index contributed by atoms with van der Waals surface area (Å²) in [7, 11) is 0. The summed E-state index contributed by atoms with van der Waals surface area (Å²) in [5.41, 5.74) is 15.8. The first kappa shape index (κ1) is 22.1. The van der Waals surface area contributed by atoms with Crippen LogP contribution in [-0.4, -0.2) is 21.7 Å². The summed E-state index contributed by atoms with van der Waals surface area (Å²) >= 11 is 0. The van der Waals surface area contributed by atoms with Gasteiger partial charge in [0.15, 0.2) is 0 Å². The molecule has 0 unspecified atom stereocenters. The van der Waals surface area contributed by atoms with Crippen LogP contribution in [0.4, 0.5) is 11.4 Å². The van der Waals surface area contributed by atoms with Crippen molar-refractivity contribution in [3.63, 3.8) is 0 Å². The van der Waals surface area contributed by atoms with Gasteiger partial charge in [-0.2, -0.15) is 0 Å². The van der Waals surface area contributed by atoms with Crippen molar-refractivity contribution in [3.05, 3.63) is 82.5 Å². The number of fused-ring (bicyclic) bond motifs is 2. The zero-order chi connectivity index (χ0) is 24.2. The van der Waals surface area contributed by atoms with Gasteiger partial charge in [0.05, 0.1) is 17.2 Å². The lowest BCUT2D eigenvalue weighted by Crippen LogP contribution is -2.50. The number of rotatable bonds is 1. The zero-order valence-electron chi connectivity index (χ0n) is 20.4. The van der Waals surface area contributed by atoms with Crippen molar-refractivity contribution in [2.45, 2.75) is 52.2 Å². The van der Waals surface area contributed by atoms with Crippen LogP contribution in [0, 0.1) is 25.7 Å². The molecule has 1 aromatic heterocycles. The number of H-pyrrole nitrogens is 1. The fraction of sp³-hybridized carbons (Fsp3) is 0.267. The molecule has 4 heteroatoms. The van der Waals surface area contributed by atoms with Gasteiger partial charge in [0.2, 0.25) is 0 Å². The lowest BCUT2D eigenvalue weighted by Gasteiger charge is -2.43. The van der Waals surface area contributed by atoms with E-state index in [0.717, 1.165) is 44.6 Å². The van der Waals surface area contributed by atoms with E-state index < -0.39 is 11.6 Å². The molecule has 4 nitrogen and oxygen atoms in total. The largest absolute Gasteiger partial charge is 0.399 e. The van der Waals surface area contributed by atoms with E-state index in [9.17, 15) is 5.11 Å². The highest BCUT2D eigenvalue weighted by molar-refractivity contribution is 5.98. The third-order valence-electron chi connectivity index (χ3n) is 7.11. The number of nitrogens with two attached hydrogens (primary N) is 1. The molecule has 1 aliphatic rings. The number of nitrogens with one attached hydrogen (secondary N) is 2. The Hall–Kier alpha value is -3.68. The summed E-state index contributed by atoms with van der Waals surface area (Å²) < 4.78 is 0. The predicted molar refractivity (Wildman–Crippen MR) is 142 cm³/mol. The topological polar surface area (TPSA) is 74.1 Å². The first-order valence-electron chi connectivity index (χ1n) is 11.8. The van der Waals surface area contributed by atoms with Gasteiger partial charge in [-0.1, -0.05) is 43.0 Å². The molecular weight excluding hydrogens is 418 g/mol. The van der Waals surface area contributed by atoms with Crippen LogP contribution in [-0.2, 0) is 0 Å². The monoisotopic (exact) mass is 449 g/mol. The number of aliphatic hydroxyl groups is 1. The standard InChI is InChI=1S/C30H31N3O/c1-17-14-25(24-11-7-10-22-18(2)16-32-28(22)24)23(13-12-20-8-6-9-21(31)15-20)26-19(3)29(34)30(4,5)33-27(17)26/h6-11,14-16,19,29,32-34H,31H2,1-5H3/t19-,29+/m1/s1. The van der Waals surface area contributed by atoms with E-state index >= 15 is 0 Å². The molecule has 0 saturated carbocycles. The van der Waals surface area contributed by atoms with Crippen LogP contribution in [0.1, 0.15) is 54.5 Å². The average molecular weight is 450 g/mol. The number of aliphatic hydroxyl groups excluding tert-OH is 1. The molecule has 0 fully saturated rings. The fourth-order valence-electron chi connectivity index (χ4n) is 5.26. The summed E-state index contributed by atoms with van der Waals surface area (Å²) in [5, 5.41) is 16.0. The van der Waals surface area contributed by atoms with Crippen molar-refractivity contribution in [1.29, 1.82) is 0 Å². The second-order valence-corrected chi connectivity index (χ2v) is 10.1. The lowest BCUT2D eigenvalue weighted by atomic mass is 9.75. The summed E-state index contributed by atoms with van der Waals surface area (Å²) in [5.74, 6) is 6.75. The van der Waals surface area contributed by atoms with E-state index in [2.05, 4.69) is 67.2 Å². The number of hydrogen-bond donors (Lipinski definition) is 4. The minimum absolute atomic E-state index is 0.0837. The Kier molecular flexibility index (Phi) is 5.19. The van der Waals surface area contributed by atoms with Gasteiger partial charge in [-0.3, -0.25) is 0 Å². The van der Waals surface area contributed by atoms with Gasteiger partial charge < -0.3 is 21.1 Å². The van der Waals surface area contributed by atoms with Crippen molar-refractivity contribution >= 4 is 22.3 Å². The Morgan fingerprint density at radius 2 is 1.74 bits per heavy atom. The minimum atomic E-state index is -0.550. The Morgan fingerprint density at radius 3 is 2.50 bits per heavy atom. The highest BCUT2D eigenvalue weighted by atomic mass is 16.3. The van der Waals surface area contributed by atoms with Gasteiger partial charge in [-0.15, -0.1) is 0 Å². The predicted octanol–water partition coefficient (Wildman–Crippen LogP) is 6.10. The third-order valence-corrected chi connectivity index (χ3v) is 7.11. The molecule has 172 valence electrons. The molecule has 4 aromatic rings. The first-order chi connectivity index (χ1) is 16.2. The van der Waals surface area contributed by atoms with Crippen LogP contribution in [0.25, 0.3) is 22.0 Å². The number of benzene rings is 3. The Balaban J connectivity index is 1.83. The van der Waals surface area contributed by atoms with Gasteiger partial charge in [0.25, 0.3) is 0 Å². The Bertz CT molecular complexity index is 1480. The van der Waals surface area contributed by atoms with Gasteiger partial charge in [-0.05, 0) is 68.7 Å². The number of hydrogen-bond acceptors (Lipinski definition) is 3. The average Bonchev–Trinajstić information content (AvgIpc) is 3.18. The lowest BCUT2D eigenvalue weighted by molar-refractivity contribution is 0.0868. The maximum atomic E-state index is 11.2. The molecule has 0 amide bonds. The third kappa shape index (κ3) is 3.54. The molecule has 0 bridgehead atoms. The fourth-order valence-corrected chi connectivity index (χ4v) is 5.26. The van der Waals surface area contributed by atoms with E-state index in [1.54, 1.807) is 0 Å². The number of aromatic amines is 1. The van der Waals surface area contributed by atoms with Crippen molar-refractivity contribution in [1.82, 2.24) is 4.98 Å². The van der Waals surface area contributed by atoms with Crippen LogP contribution in [0.2, 0.25) is 0 Å². The molecule has 2 heterocycles. The molecule has 0 spiro atoms. The molecular formula is C30H31N3O. The number of anilines is 2. The number of aryl methyl sites for hydroxylation is 2. The molecule has 1 aliphatic heterocycles. The van der Waals surface area contributed by atoms with E-state index in [1.165, 1.54) is 10.9 Å². The van der Waals surface area contributed by atoms with E-state index in [0.29, 0.717) is 5.69 Å². The zero-order valence-corrected chi connectivity index (χ0v) is 20.4. The smallest absolute Gasteiger partial charge is 0.0831 e. The van der Waals surface area contributed by atoms with Crippen LogP contribution in [0.5, 0.6) is 0 Å². The second kappa shape index (κ2) is 7.97. The normalized spacial score (nSPS) is 18.6. The van der Waals surface area contributed by atoms with E-state index in [4.69, 9.17) is 5.73 Å². The van der Waals surface area contributed by atoms with Crippen molar-refractivity contribution in [2.24, 2.45) is 0 Å². The molecule has 2 atom stereocenters. The van der Waals surface area contributed by atoms with Gasteiger partial charge in [0, 0.05) is 51.1 Å². The maximum absolute atomic E-state index is 11.2. The molecule has 0 saturated heterocycles. The minimum Gasteiger partial charge on any atom is -0.399 e. The van der Waals surface area contributed by atoms with Gasteiger partial charge >= 0.3 is 0 Å². The number of nitrogen functional groups attached to an aromatic ring is 1. The highest BCUT2D eigenvalue weighted by Gasteiger charge is 2.40. The molecule has 34 heavy (non-hydrogen) atoms. The van der Waals surface area contributed by atoms with Crippen LogP contribution in [0.3, 0.4) is 0 Å². The van der Waals surface area contributed by atoms with Crippen LogP contribution < -0.4 is 11.1 Å². The SMILES string of the molecule is Cc1cc(-c2cccc3c(C)c[nH]c23)c(C#Cc2cccc(N)c2)c2c1NC(C)(C)[C@@H](O)[C@@H]2C. The molecule has 3 aromatic carbocycles. The summed E-state index contributed by atoms with van der Waals surface area (Å²) in [6, 6.07) is 16.3. The van der Waals surface area contributed by atoms with Crippen molar-refractivity contribution < 1.29 is 5.11 Å². The van der Waals surface area contributed by atoms with Gasteiger partial charge in [-0.25, -0.2) is 0 Å². The van der Waals surface area contributed by atoms with Crippen LogP contribution in [0.15, 0.2) is 54.7 Å². The van der Waals surface area contributed by atoms with E-state index in [1.807, 2.05) is 44.3 Å². The van der Waals surface area contributed by atoms with Crippen LogP contribution >= 0.6 is 0 Å². The Morgan fingerprint density at radius 1 is 0.971 bits per heavy atom. The summed E-state index contributed by atoms with van der Waals surface area (Å²) in [6.07, 6.45) is 1.50. The first-order valence-corrected chi connectivity index (χ1v) is 11.8. The maximum Gasteiger partial charge on any atom is 0.0831 e. The molecule has 5 rings (SSSR count). The van der Waals surface area contributed by atoms with E-state index in [-0.39, 0.29) is 5.92 Å². The summed E-state index contributed by atoms with van der Waals surface area (Å²) in [6.45, 7) is 10.4. The quantitative estimate of drug-likeness (QED) is 0.209. The van der Waals surface area contributed by atoms with Gasteiger partial charge in [0.1, 0.15) is 0 Å². The van der Waals surface area contributed by atoms with Crippen molar-refractivity contribution in [3.8, 4) is 23.0 Å². The molecule has 0 radical (unpaired) electrons. The number of aromatic nitrogens is 1. The molecule has 0 aliphatic carbocycles. The number of para-hydroxylation sites is 1. The Labute approximate surface area is 201 Å².